The Morgan fingerprint density at radius 2 is 1.97 bits per heavy atom. The molecule has 1 aliphatic rings. The summed E-state index contributed by atoms with van der Waals surface area (Å²) in [6.07, 6.45) is 10.8. The van der Waals surface area contributed by atoms with Gasteiger partial charge in [-0.2, -0.15) is 0 Å². The number of rotatable bonds is 7. The summed E-state index contributed by atoms with van der Waals surface area (Å²) in [7, 11) is 0. The first-order chi connectivity index (χ1) is 14.1. The van der Waals surface area contributed by atoms with Crippen molar-refractivity contribution in [2.24, 2.45) is 0 Å². The van der Waals surface area contributed by atoms with Crippen molar-refractivity contribution < 1.29 is 4.79 Å². The fourth-order valence-electron chi connectivity index (χ4n) is 3.26. The first-order valence-electron chi connectivity index (χ1n) is 9.71. The summed E-state index contributed by atoms with van der Waals surface area (Å²) in [4.78, 5) is 17.7. The van der Waals surface area contributed by atoms with Gasteiger partial charge in [-0.1, -0.05) is 42.5 Å². The molecule has 0 fully saturated rings. The van der Waals surface area contributed by atoms with E-state index in [-0.39, 0.29) is 5.78 Å². The van der Waals surface area contributed by atoms with Gasteiger partial charge in [0.1, 0.15) is 0 Å². The normalized spacial score (nSPS) is 14.5. The van der Waals surface area contributed by atoms with Crippen LogP contribution in [0.2, 0.25) is 5.02 Å². The highest BCUT2D eigenvalue weighted by atomic mass is 35.5. The number of carbonyl (C=O) groups excluding carboxylic acids is 1. The van der Waals surface area contributed by atoms with Gasteiger partial charge in [-0.3, -0.25) is 9.78 Å². The summed E-state index contributed by atoms with van der Waals surface area (Å²) in [6, 6.07) is 7.59. The number of pyridine rings is 1. The van der Waals surface area contributed by atoms with Gasteiger partial charge in [-0.15, -0.1) is 11.8 Å². The molecule has 1 aromatic carbocycles. The minimum Gasteiger partial charge on any atom is -0.316 e. The number of allylic oxidation sites excluding steroid dienone is 4. The molecule has 2 heterocycles. The van der Waals surface area contributed by atoms with Crippen molar-refractivity contribution in [2.45, 2.75) is 24.7 Å². The van der Waals surface area contributed by atoms with Crippen molar-refractivity contribution in [3.05, 3.63) is 94.3 Å². The number of thioether (sulfide) groups is 1. The average molecular weight is 425 g/mol. The topological polar surface area (TPSA) is 42.0 Å². The number of nitrogens with one attached hydrogen (secondary N) is 1. The lowest BCUT2D eigenvalue weighted by atomic mass is 10.0. The van der Waals surface area contributed by atoms with E-state index in [9.17, 15) is 4.79 Å². The van der Waals surface area contributed by atoms with Crippen LogP contribution in [0.4, 0.5) is 0 Å². The lowest BCUT2D eigenvalue weighted by Crippen LogP contribution is -2.16. The van der Waals surface area contributed by atoms with Gasteiger partial charge >= 0.3 is 0 Å². The number of aromatic nitrogens is 1. The number of ketones is 1. The van der Waals surface area contributed by atoms with Crippen molar-refractivity contribution >= 4 is 29.1 Å². The van der Waals surface area contributed by atoms with Crippen molar-refractivity contribution in [2.75, 3.05) is 18.8 Å². The number of carbonyl (C=O) groups is 1. The second kappa shape index (κ2) is 10.6. The molecule has 0 spiro atoms. The van der Waals surface area contributed by atoms with E-state index in [0.717, 1.165) is 47.2 Å². The molecule has 29 heavy (non-hydrogen) atoms. The van der Waals surface area contributed by atoms with E-state index in [2.05, 4.69) is 22.9 Å². The summed E-state index contributed by atoms with van der Waals surface area (Å²) < 4.78 is 0. The van der Waals surface area contributed by atoms with Crippen molar-refractivity contribution in [3.8, 4) is 0 Å². The molecule has 0 amide bonds. The minimum absolute atomic E-state index is 0.0180. The first kappa shape index (κ1) is 21.6. The van der Waals surface area contributed by atoms with Crippen LogP contribution in [0, 0.1) is 0 Å². The van der Waals surface area contributed by atoms with Crippen LogP contribution in [0.1, 0.15) is 28.4 Å². The van der Waals surface area contributed by atoms with Crippen LogP contribution in [-0.4, -0.2) is 29.6 Å². The molecule has 1 N–H and O–H groups in total. The smallest absolute Gasteiger partial charge is 0.192 e. The fraction of sp³-hybridized carbons (Fsp3) is 0.250. The van der Waals surface area contributed by atoms with Crippen LogP contribution in [0.5, 0.6) is 0 Å². The molecule has 0 aliphatic carbocycles. The predicted molar refractivity (Wildman–Crippen MR) is 123 cm³/mol. The van der Waals surface area contributed by atoms with Crippen molar-refractivity contribution in [1.82, 2.24) is 10.3 Å². The van der Waals surface area contributed by atoms with Crippen LogP contribution in [-0.2, 0) is 12.8 Å². The minimum atomic E-state index is -0.0180. The molecule has 0 unspecified atom stereocenters. The van der Waals surface area contributed by atoms with Gasteiger partial charge in [0.15, 0.2) is 5.78 Å². The molecule has 3 nitrogen and oxygen atoms in total. The van der Waals surface area contributed by atoms with Gasteiger partial charge in [0.25, 0.3) is 0 Å². The standard InChI is InChI=1S/C24H25ClN2OS/c1-3-18(23(28)20-9-13-26-14-10-20)5-4-17(2)16-29-24-21-11-15-27-12-8-19(21)6-7-22(24)25/h3-7,9-10,13-14,27H,2,8,11-12,15-16H2,1H3/b5-4-,18-3+. The molecule has 2 aromatic rings. The molecule has 1 aromatic heterocycles. The van der Waals surface area contributed by atoms with E-state index in [4.69, 9.17) is 11.6 Å². The number of hydrogen-bond acceptors (Lipinski definition) is 4. The molecular weight excluding hydrogens is 400 g/mol. The number of Topliss-reactive ketones (excluding diaryl/α,β-unsaturated/α-hetero) is 1. The Morgan fingerprint density at radius 3 is 2.72 bits per heavy atom. The Hall–Kier alpha value is -2.14. The molecule has 0 bridgehead atoms. The van der Waals surface area contributed by atoms with Crippen molar-refractivity contribution in [1.29, 1.82) is 0 Å². The molecule has 1 aliphatic heterocycles. The highest BCUT2D eigenvalue weighted by Gasteiger charge is 2.15. The molecular formula is C24H25ClN2OS. The second-order valence-electron chi connectivity index (χ2n) is 6.85. The largest absolute Gasteiger partial charge is 0.316 e. The maximum absolute atomic E-state index is 12.6. The Kier molecular flexibility index (Phi) is 7.87. The Labute approximate surface area is 182 Å². The summed E-state index contributed by atoms with van der Waals surface area (Å²) in [5.74, 6) is 0.705. The van der Waals surface area contributed by atoms with Crippen LogP contribution < -0.4 is 5.32 Å². The zero-order chi connectivity index (χ0) is 20.6. The molecule has 0 radical (unpaired) electrons. The average Bonchev–Trinajstić information content (AvgIpc) is 2.99. The first-order valence-corrected chi connectivity index (χ1v) is 11.1. The Morgan fingerprint density at radius 1 is 1.21 bits per heavy atom. The molecule has 5 heteroatoms. The zero-order valence-corrected chi connectivity index (χ0v) is 18.2. The third-order valence-corrected chi connectivity index (χ3v) is 6.55. The molecule has 0 saturated heterocycles. The SMILES string of the molecule is C=C(/C=C\C(=C/C)C(=O)c1ccncc1)CSc1c(Cl)ccc2c1CCNCC2. The number of hydrogen-bond donors (Lipinski definition) is 1. The van der Waals surface area contributed by atoms with Crippen LogP contribution in [0.15, 0.2) is 77.5 Å². The third kappa shape index (κ3) is 5.69. The van der Waals surface area contributed by atoms with Crippen LogP contribution in [0.3, 0.4) is 0 Å². The Bertz CT molecular complexity index is 951. The number of benzene rings is 1. The van der Waals surface area contributed by atoms with Gasteiger partial charge in [-0.05, 0) is 67.8 Å². The van der Waals surface area contributed by atoms with E-state index in [1.807, 2.05) is 31.2 Å². The maximum atomic E-state index is 12.6. The van der Waals surface area contributed by atoms with Crippen LogP contribution in [0.25, 0.3) is 0 Å². The molecule has 0 atom stereocenters. The van der Waals surface area contributed by atoms with E-state index in [1.54, 1.807) is 36.3 Å². The molecule has 150 valence electrons. The lowest BCUT2D eigenvalue weighted by Gasteiger charge is -2.14. The van der Waals surface area contributed by atoms with Gasteiger partial charge in [0, 0.05) is 34.2 Å². The maximum Gasteiger partial charge on any atom is 0.192 e. The number of halogens is 1. The summed E-state index contributed by atoms with van der Waals surface area (Å²) in [5.41, 5.74) is 4.94. The third-order valence-electron chi connectivity index (χ3n) is 4.85. The molecule has 3 rings (SSSR count). The van der Waals surface area contributed by atoms with Crippen molar-refractivity contribution in [3.63, 3.8) is 0 Å². The Balaban J connectivity index is 1.66. The predicted octanol–water partition coefficient (Wildman–Crippen LogP) is 5.46. The van der Waals surface area contributed by atoms with Gasteiger partial charge < -0.3 is 5.32 Å². The zero-order valence-electron chi connectivity index (χ0n) is 16.6. The summed E-state index contributed by atoms with van der Waals surface area (Å²) >= 11 is 8.23. The summed E-state index contributed by atoms with van der Waals surface area (Å²) in [6.45, 7) is 8.00. The molecule has 0 saturated carbocycles. The van der Waals surface area contributed by atoms with Gasteiger partial charge in [0.2, 0.25) is 0 Å². The summed E-state index contributed by atoms with van der Waals surface area (Å²) in [5, 5.41) is 4.25. The number of fused-ring (bicyclic) bond motifs is 1. The van der Waals surface area contributed by atoms with E-state index in [0.29, 0.717) is 11.1 Å². The second-order valence-corrected chi connectivity index (χ2v) is 8.25. The fourth-order valence-corrected chi connectivity index (χ4v) is 4.64. The van der Waals surface area contributed by atoms with Gasteiger partial charge in [0.05, 0.1) is 5.02 Å². The quantitative estimate of drug-likeness (QED) is 0.277. The van der Waals surface area contributed by atoms with Gasteiger partial charge in [-0.25, -0.2) is 0 Å². The number of nitrogens with zero attached hydrogens (tertiary/aromatic N) is 1. The monoisotopic (exact) mass is 424 g/mol. The highest BCUT2D eigenvalue weighted by Crippen LogP contribution is 2.35. The van der Waals surface area contributed by atoms with E-state index in [1.165, 1.54) is 11.1 Å². The van der Waals surface area contributed by atoms with E-state index < -0.39 is 0 Å². The van der Waals surface area contributed by atoms with Crippen LogP contribution >= 0.6 is 23.4 Å². The highest BCUT2D eigenvalue weighted by molar-refractivity contribution is 7.99. The lowest BCUT2D eigenvalue weighted by molar-refractivity contribution is 0.103. The van der Waals surface area contributed by atoms with E-state index >= 15 is 0 Å².